The third kappa shape index (κ3) is 5.24. The molecule has 0 aliphatic carbocycles. The standard InChI is InChI=1S/C12H13N3O3S.C12H12O4S/c1-7-2-3-8-4-5-9(11(16)15-12(13)14)6-10(8)19(7,17)18;1-8-3-4-9-5-6-10(12(13)16-2)7-11(9)17(8,14)15/h2,4-6H,3H2,1H3,(H4,13,14,15,16);3,5-7H,4H2,1-2H3. The summed E-state index contributed by atoms with van der Waals surface area (Å²) in [5, 5.41) is 0. The van der Waals surface area contributed by atoms with Crippen LogP contribution in [0, 0.1) is 0 Å². The van der Waals surface area contributed by atoms with E-state index >= 15 is 0 Å². The highest BCUT2D eigenvalue weighted by atomic mass is 32.2. The summed E-state index contributed by atoms with van der Waals surface area (Å²) in [6, 6.07) is 9.04. The van der Waals surface area contributed by atoms with E-state index in [0.29, 0.717) is 28.9 Å². The lowest BCUT2D eigenvalue weighted by Gasteiger charge is -2.15. The van der Waals surface area contributed by atoms with Gasteiger partial charge in [-0.25, -0.2) is 21.6 Å². The molecule has 2 aromatic carbocycles. The maximum Gasteiger partial charge on any atom is 0.337 e. The Morgan fingerprint density at radius 3 is 1.69 bits per heavy atom. The number of fused-ring (bicyclic) bond motifs is 2. The topological polar surface area (TPSA) is 176 Å². The van der Waals surface area contributed by atoms with Gasteiger partial charge in [-0.05, 0) is 62.1 Å². The number of guanidine groups is 1. The molecule has 0 fully saturated rings. The van der Waals surface area contributed by atoms with E-state index in [1.165, 1.54) is 32.2 Å². The molecule has 0 saturated carbocycles. The lowest BCUT2D eigenvalue weighted by Crippen LogP contribution is -2.24. The van der Waals surface area contributed by atoms with Crippen LogP contribution in [0.5, 0.6) is 0 Å². The van der Waals surface area contributed by atoms with Gasteiger partial charge in [0.05, 0.1) is 22.5 Å². The number of benzene rings is 2. The smallest absolute Gasteiger partial charge is 0.337 e. The molecule has 2 aliphatic rings. The first-order valence-electron chi connectivity index (χ1n) is 10.6. The highest BCUT2D eigenvalue weighted by Crippen LogP contribution is 2.30. The van der Waals surface area contributed by atoms with Crippen LogP contribution in [0.25, 0.3) is 0 Å². The normalized spacial score (nSPS) is 16.5. The zero-order valence-electron chi connectivity index (χ0n) is 19.8. The predicted molar refractivity (Wildman–Crippen MR) is 134 cm³/mol. The van der Waals surface area contributed by atoms with Gasteiger partial charge in [0, 0.05) is 15.4 Å². The quantitative estimate of drug-likeness (QED) is 0.333. The number of nitrogens with zero attached hydrogens (tertiary/aromatic N) is 1. The summed E-state index contributed by atoms with van der Waals surface area (Å²) in [5.74, 6) is -1.55. The van der Waals surface area contributed by atoms with Gasteiger partial charge in [-0.2, -0.15) is 4.99 Å². The zero-order chi connectivity index (χ0) is 26.8. The van der Waals surface area contributed by atoms with Crippen LogP contribution < -0.4 is 11.5 Å². The van der Waals surface area contributed by atoms with Gasteiger partial charge in [-0.3, -0.25) is 4.79 Å². The molecule has 0 spiro atoms. The van der Waals surface area contributed by atoms with E-state index in [1.807, 2.05) is 0 Å². The van der Waals surface area contributed by atoms with Gasteiger partial charge in [0.1, 0.15) is 0 Å². The Balaban J connectivity index is 0.000000202. The number of allylic oxidation sites excluding steroid dienone is 4. The Morgan fingerprint density at radius 2 is 1.25 bits per heavy atom. The summed E-state index contributed by atoms with van der Waals surface area (Å²) < 4.78 is 52.9. The van der Waals surface area contributed by atoms with Crippen molar-refractivity contribution in [2.24, 2.45) is 16.5 Å². The Labute approximate surface area is 209 Å². The monoisotopic (exact) mass is 531 g/mol. The van der Waals surface area contributed by atoms with Crippen molar-refractivity contribution in [3.05, 3.63) is 80.6 Å². The first kappa shape index (κ1) is 26.8. The first-order valence-corrected chi connectivity index (χ1v) is 13.6. The molecule has 0 aromatic heterocycles. The Bertz CT molecular complexity index is 1560. The SMILES string of the molecule is CC1=CCc2ccc(C(=O)N=C(N)N)cc2S1(=O)=O.COC(=O)c1ccc2c(c1)S(=O)(=O)C(C)=CC2. The van der Waals surface area contributed by atoms with Gasteiger partial charge < -0.3 is 16.2 Å². The summed E-state index contributed by atoms with van der Waals surface area (Å²) in [6.07, 6.45) is 4.42. The van der Waals surface area contributed by atoms with Crippen molar-refractivity contribution < 1.29 is 31.2 Å². The van der Waals surface area contributed by atoms with Gasteiger partial charge in [0.2, 0.25) is 19.7 Å². The fourth-order valence-corrected chi connectivity index (χ4v) is 6.44. The van der Waals surface area contributed by atoms with Crippen molar-refractivity contribution >= 4 is 37.5 Å². The number of carbonyl (C=O) groups excluding carboxylic acids is 2. The maximum atomic E-state index is 12.1. The van der Waals surface area contributed by atoms with Crippen LogP contribution in [-0.2, 0) is 37.3 Å². The van der Waals surface area contributed by atoms with Gasteiger partial charge in [0.15, 0.2) is 5.96 Å². The number of hydrogen-bond acceptors (Lipinski definition) is 7. The fourth-order valence-electron chi connectivity index (χ4n) is 3.58. The molecule has 190 valence electrons. The summed E-state index contributed by atoms with van der Waals surface area (Å²) in [7, 11) is -5.67. The molecule has 0 saturated heterocycles. The van der Waals surface area contributed by atoms with Crippen LogP contribution >= 0.6 is 0 Å². The molecule has 4 N–H and O–H groups in total. The fraction of sp³-hybridized carbons (Fsp3) is 0.208. The molecule has 1 amide bonds. The van der Waals surface area contributed by atoms with Crippen LogP contribution in [-0.4, -0.2) is 41.8 Å². The number of sulfone groups is 2. The van der Waals surface area contributed by atoms with Gasteiger partial charge in [0.25, 0.3) is 5.91 Å². The van der Waals surface area contributed by atoms with Crippen molar-refractivity contribution in [3.8, 4) is 0 Å². The Hall–Kier alpha value is -3.77. The van der Waals surface area contributed by atoms with Crippen LogP contribution in [0.2, 0.25) is 0 Å². The molecule has 0 radical (unpaired) electrons. The molecule has 2 heterocycles. The van der Waals surface area contributed by atoms with Crippen molar-refractivity contribution in [1.82, 2.24) is 0 Å². The molecule has 36 heavy (non-hydrogen) atoms. The van der Waals surface area contributed by atoms with E-state index in [9.17, 15) is 26.4 Å². The number of rotatable bonds is 2. The van der Waals surface area contributed by atoms with Crippen LogP contribution in [0.4, 0.5) is 0 Å². The largest absolute Gasteiger partial charge is 0.465 e. The minimum Gasteiger partial charge on any atom is -0.465 e. The molecule has 10 nitrogen and oxygen atoms in total. The molecule has 0 unspecified atom stereocenters. The molecule has 0 bridgehead atoms. The second kappa shape index (κ2) is 10.1. The van der Waals surface area contributed by atoms with E-state index < -0.39 is 31.6 Å². The average Bonchev–Trinajstić information content (AvgIpc) is 2.83. The third-order valence-corrected chi connectivity index (χ3v) is 9.63. The number of methoxy groups -OCH3 is 1. The molecule has 0 atom stereocenters. The van der Waals surface area contributed by atoms with Gasteiger partial charge >= 0.3 is 5.97 Å². The van der Waals surface area contributed by atoms with E-state index in [2.05, 4.69) is 9.73 Å². The number of ether oxygens (including phenoxy) is 1. The molecular formula is C24H25N3O7S2. The van der Waals surface area contributed by atoms with Crippen molar-refractivity contribution in [2.75, 3.05) is 7.11 Å². The first-order chi connectivity index (χ1) is 16.8. The summed E-state index contributed by atoms with van der Waals surface area (Å²) >= 11 is 0. The molecule has 2 aromatic rings. The van der Waals surface area contributed by atoms with E-state index in [1.54, 1.807) is 37.3 Å². The number of nitrogens with two attached hydrogens (primary N) is 2. The molecule has 12 heteroatoms. The van der Waals surface area contributed by atoms with E-state index in [-0.39, 0.29) is 31.8 Å². The number of aliphatic imine (C=N–C) groups is 1. The zero-order valence-corrected chi connectivity index (χ0v) is 21.4. The number of esters is 1. The van der Waals surface area contributed by atoms with Gasteiger partial charge in [-0.1, -0.05) is 24.3 Å². The van der Waals surface area contributed by atoms with E-state index in [0.717, 1.165) is 0 Å². The van der Waals surface area contributed by atoms with Crippen molar-refractivity contribution in [3.63, 3.8) is 0 Å². The number of amides is 1. The third-order valence-electron chi connectivity index (χ3n) is 5.68. The second-order valence-corrected chi connectivity index (χ2v) is 12.2. The minimum atomic E-state index is -3.51. The van der Waals surface area contributed by atoms with Crippen LogP contribution in [0.3, 0.4) is 0 Å². The average molecular weight is 532 g/mol. The van der Waals surface area contributed by atoms with Crippen LogP contribution in [0.15, 0.2) is 73.1 Å². The van der Waals surface area contributed by atoms with Crippen molar-refractivity contribution in [2.45, 2.75) is 36.5 Å². The van der Waals surface area contributed by atoms with E-state index in [4.69, 9.17) is 11.5 Å². The minimum absolute atomic E-state index is 0.143. The Kier molecular flexibility index (Phi) is 7.51. The summed E-state index contributed by atoms with van der Waals surface area (Å²) in [6.45, 7) is 3.09. The number of hydrogen-bond donors (Lipinski definition) is 2. The summed E-state index contributed by atoms with van der Waals surface area (Å²) in [4.78, 5) is 27.4. The molecule has 2 aliphatic heterocycles. The molecule has 4 rings (SSSR count). The maximum absolute atomic E-state index is 12.1. The van der Waals surface area contributed by atoms with Crippen LogP contribution in [0.1, 0.15) is 45.7 Å². The lowest BCUT2D eigenvalue weighted by molar-refractivity contribution is 0.0600. The highest BCUT2D eigenvalue weighted by Gasteiger charge is 2.26. The lowest BCUT2D eigenvalue weighted by atomic mass is 10.1. The Morgan fingerprint density at radius 1 is 0.806 bits per heavy atom. The number of carbonyl (C=O) groups is 2. The summed E-state index contributed by atoms with van der Waals surface area (Å²) in [5.41, 5.74) is 12.0. The molecular weight excluding hydrogens is 506 g/mol. The second-order valence-electron chi connectivity index (χ2n) is 8.02. The highest BCUT2D eigenvalue weighted by molar-refractivity contribution is 7.95. The predicted octanol–water partition coefficient (Wildman–Crippen LogP) is 2.04. The van der Waals surface area contributed by atoms with Crippen molar-refractivity contribution in [1.29, 1.82) is 0 Å². The van der Waals surface area contributed by atoms with Gasteiger partial charge in [-0.15, -0.1) is 0 Å².